The molecule has 0 aliphatic carbocycles. The minimum absolute atomic E-state index is 0.219. The number of pyridine rings is 1. The third-order valence-electron chi connectivity index (χ3n) is 2.59. The highest BCUT2D eigenvalue weighted by molar-refractivity contribution is 6.29. The maximum absolute atomic E-state index is 12.0. The van der Waals surface area contributed by atoms with Crippen LogP contribution in [-0.4, -0.2) is 25.7 Å². The average molecular weight is 281 g/mol. The zero-order valence-electron chi connectivity index (χ0n) is 10.3. The number of aromatic nitrogens is 4. The van der Waals surface area contributed by atoms with E-state index in [0.717, 1.165) is 6.54 Å². The van der Waals surface area contributed by atoms with Crippen LogP contribution >= 0.6 is 11.6 Å². The molecule has 0 atom stereocenters. The highest BCUT2D eigenvalue weighted by Crippen LogP contribution is 2.14. The predicted octanol–water partition coefficient (Wildman–Crippen LogP) is 0.859. The van der Waals surface area contributed by atoms with Crippen molar-refractivity contribution in [2.24, 2.45) is 0 Å². The summed E-state index contributed by atoms with van der Waals surface area (Å²) >= 11 is 5.74. The van der Waals surface area contributed by atoms with Crippen molar-refractivity contribution in [2.45, 2.75) is 20.0 Å². The van der Waals surface area contributed by atoms with Gasteiger partial charge in [0.1, 0.15) is 11.5 Å². The zero-order valence-corrected chi connectivity index (χ0v) is 11.1. The van der Waals surface area contributed by atoms with E-state index in [1.807, 2.05) is 11.5 Å². The van der Waals surface area contributed by atoms with E-state index in [1.54, 1.807) is 6.33 Å². The van der Waals surface area contributed by atoms with Crippen LogP contribution in [-0.2, 0) is 13.1 Å². The molecular weight excluding hydrogens is 268 g/mol. The monoisotopic (exact) mass is 280 g/mol. The van der Waals surface area contributed by atoms with Crippen LogP contribution in [0.25, 0.3) is 0 Å². The second-order valence-electron chi connectivity index (χ2n) is 3.81. The van der Waals surface area contributed by atoms with Crippen LogP contribution in [0, 0.1) is 0 Å². The first kappa shape index (κ1) is 13.3. The lowest BCUT2D eigenvalue weighted by molar-refractivity contribution is 0.0950. The normalized spacial score (nSPS) is 10.4. The van der Waals surface area contributed by atoms with Gasteiger partial charge in [-0.1, -0.05) is 11.6 Å². The second-order valence-corrected chi connectivity index (χ2v) is 4.20. The molecule has 0 aliphatic rings. The molecule has 0 saturated carbocycles. The van der Waals surface area contributed by atoms with Gasteiger partial charge in [0.15, 0.2) is 5.82 Å². The minimum Gasteiger partial charge on any atom is -0.397 e. The van der Waals surface area contributed by atoms with Crippen molar-refractivity contribution in [3.05, 3.63) is 35.1 Å². The summed E-state index contributed by atoms with van der Waals surface area (Å²) in [7, 11) is 0. The summed E-state index contributed by atoms with van der Waals surface area (Å²) in [6, 6.07) is 1.43. The summed E-state index contributed by atoms with van der Waals surface area (Å²) in [5, 5.41) is 10.6. The molecule has 2 heterocycles. The lowest BCUT2D eigenvalue weighted by Crippen LogP contribution is -2.25. The number of nitrogens with zero attached hydrogens (tertiary/aromatic N) is 4. The molecule has 100 valence electrons. The number of rotatable bonds is 4. The summed E-state index contributed by atoms with van der Waals surface area (Å²) in [5.41, 5.74) is 6.25. The second kappa shape index (κ2) is 5.66. The Bertz CT molecular complexity index is 597. The SMILES string of the molecule is CCn1cnnc1CNC(=O)c1cc(Cl)ncc1N. The summed E-state index contributed by atoms with van der Waals surface area (Å²) in [5.74, 6) is 0.349. The number of hydrogen-bond donors (Lipinski definition) is 2. The fraction of sp³-hybridized carbons (Fsp3) is 0.273. The first-order chi connectivity index (χ1) is 9.11. The van der Waals surface area contributed by atoms with Crippen LogP contribution in [0.15, 0.2) is 18.6 Å². The first-order valence-corrected chi connectivity index (χ1v) is 6.05. The molecular formula is C11H13ClN6O. The molecule has 0 unspecified atom stereocenters. The number of nitrogen functional groups attached to an aromatic ring is 1. The van der Waals surface area contributed by atoms with Gasteiger partial charge in [0.2, 0.25) is 0 Å². The largest absolute Gasteiger partial charge is 0.397 e. The molecule has 2 aromatic heterocycles. The lowest BCUT2D eigenvalue weighted by Gasteiger charge is -2.07. The van der Waals surface area contributed by atoms with Crippen LogP contribution < -0.4 is 11.1 Å². The molecule has 0 aliphatic heterocycles. The fourth-order valence-electron chi connectivity index (χ4n) is 1.57. The molecule has 8 heteroatoms. The van der Waals surface area contributed by atoms with E-state index < -0.39 is 0 Å². The molecule has 3 N–H and O–H groups in total. The van der Waals surface area contributed by atoms with Gasteiger partial charge >= 0.3 is 0 Å². The highest BCUT2D eigenvalue weighted by Gasteiger charge is 2.12. The Kier molecular flexibility index (Phi) is 3.96. The third-order valence-corrected chi connectivity index (χ3v) is 2.80. The zero-order chi connectivity index (χ0) is 13.8. The number of halogens is 1. The third kappa shape index (κ3) is 3.00. The molecule has 0 bridgehead atoms. The Morgan fingerprint density at radius 2 is 2.37 bits per heavy atom. The van der Waals surface area contributed by atoms with Gasteiger partial charge in [-0.3, -0.25) is 4.79 Å². The van der Waals surface area contributed by atoms with Gasteiger partial charge in [-0.2, -0.15) is 0 Å². The van der Waals surface area contributed by atoms with Gasteiger partial charge in [-0.15, -0.1) is 10.2 Å². The smallest absolute Gasteiger partial charge is 0.253 e. The number of nitrogens with one attached hydrogen (secondary N) is 1. The number of hydrogen-bond acceptors (Lipinski definition) is 5. The molecule has 1 amide bonds. The van der Waals surface area contributed by atoms with E-state index in [0.29, 0.717) is 11.4 Å². The van der Waals surface area contributed by atoms with E-state index in [1.165, 1.54) is 12.3 Å². The van der Waals surface area contributed by atoms with Gasteiger partial charge < -0.3 is 15.6 Å². The van der Waals surface area contributed by atoms with Gasteiger partial charge in [0, 0.05) is 6.54 Å². The van der Waals surface area contributed by atoms with Crippen LogP contribution in [0.1, 0.15) is 23.1 Å². The van der Waals surface area contributed by atoms with Crippen LogP contribution in [0.5, 0.6) is 0 Å². The molecule has 0 spiro atoms. The number of aryl methyl sites for hydroxylation is 1. The molecule has 0 fully saturated rings. The van der Waals surface area contributed by atoms with E-state index in [4.69, 9.17) is 17.3 Å². The molecule has 19 heavy (non-hydrogen) atoms. The van der Waals surface area contributed by atoms with Crippen molar-refractivity contribution in [1.82, 2.24) is 25.1 Å². The Morgan fingerprint density at radius 1 is 1.58 bits per heavy atom. The van der Waals surface area contributed by atoms with Crippen molar-refractivity contribution in [3.63, 3.8) is 0 Å². The van der Waals surface area contributed by atoms with Crippen molar-refractivity contribution in [1.29, 1.82) is 0 Å². The summed E-state index contributed by atoms with van der Waals surface area (Å²) in [6.07, 6.45) is 2.96. The van der Waals surface area contributed by atoms with Crippen LogP contribution in [0.2, 0.25) is 5.15 Å². The minimum atomic E-state index is -0.326. The number of amides is 1. The maximum Gasteiger partial charge on any atom is 0.253 e. The molecule has 2 rings (SSSR count). The average Bonchev–Trinajstić information content (AvgIpc) is 2.86. The number of carbonyl (C=O) groups is 1. The lowest BCUT2D eigenvalue weighted by atomic mass is 10.2. The topological polar surface area (TPSA) is 98.7 Å². The Labute approximate surface area is 114 Å². The van der Waals surface area contributed by atoms with E-state index >= 15 is 0 Å². The van der Waals surface area contributed by atoms with Gasteiger partial charge in [-0.25, -0.2) is 4.98 Å². The van der Waals surface area contributed by atoms with E-state index in [2.05, 4.69) is 20.5 Å². The molecule has 0 saturated heterocycles. The maximum atomic E-state index is 12.0. The Hall–Kier alpha value is -2.15. The number of anilines is 1. The summed E-state index contributed by atoms with van der Waals surface area (Å²) in [6.45, 7) is 2.97. The fourth-order valence-corrected chi connectivity index (χ4v) is 1.73. The van der Waals surface area contributed by atoms with Gasteiger partial charge in [0.25, 0.3) is 5.91 Å². The quantitative estimate of drug-likeness (QED) is 0.809. The highest BCUT2D eigenvalue weighted by atomic mass is 35.5. The first-order valence-electron chi connectivity index (χ1n) is 5.67. The van der Waals surface area contributed by atoms with E-state index in [9.17, 15) is 4.79 Å². The molecule has 0 radical (unpaired) electrons. The molecule has 2 aromatic rings. The predicted molar refractivity (Wildman–Crippen MR) is 70.5 cm³/mol. The molecule has 0 aromatic carbocycles. The van der Waals surface area contributed by atoms with Crippen molar-refractivity contribution in [3.8, 4) is 0 Å². The van der Waals surface area contributed by atoms with Gasteiger partial charge in [0.05, 0.1) is 24.0 Å². The van der Waals surface area contributed by atoms with E-state index in [-0.39, 0.29) is 23.3 Å². The van der Waals surface area contributed by atoms with Crippen molar-refractivity contribution < 1.29 is 4.79 Å². The Morgan fingerprint density at radius 3 is 3.11 bits per heavy atom. The Balaban J connectivity index is 2.07. The summed E-state index contributed by atoms with van der Waals surface area (Å²) in [4.78, 5) is 15.8. The van der Waals surface area contributed by atoms with Crippen LogP contribution in [0.4, 0.5) is 5.69 Å². The number of carbonyl (C=O) groups excluding carboxylic acids is 1. The van der Waals surface area contributed by atoms with Crippen molar-refractivity contribution in [2.75, 3.05) is 5.73 Å². The van der Waals surface area contributed by atoms with Crippen LogP contribution in [0.3, 0.4) is 0 Å². The molecule has 7 nitrogen and oxygen atoms in total. The standard InChI is InChI=1S/C11H13ClN6O/c1-2-18-6-16-17-10(18)5-15-11(19)7-3-9(12)14-4-8(7)13/h3-4,6H,2,5,13H2,1H3,(H,15,19). The van der Waals surface area contributed by atoms with Gasteiger partial charge in [-0.05, 0) is 13.0 Å². The number of nitrogens with two attached hydrogens (primary N) is 1. The summed E-state index contributed by atoms with van der Waals surface area (Å²) < 4.78 is 1.84. The van der Waals surface area contributed by atoms with Crippen molar-refractivity contribution >= 4 is 23.2 Å².